The van der Waals surface area contributed by atoms with Gasteiger partial charge in [-0.05, 0) is 37.3 Å². The van der Waals surface area contributed by atoms with E-state index in [-0.39, 0.29) is 12.5 Å². The molecular formula is C18H15Cl2N3O2. The fraction of sp³-hybridized carbons (Fsp3) is 0.167. The molecule has 0 aliphatic carbocycles. The summed E-state index contributed by atoms with van der Waals surface area (Å²) in [7, 11) is 1.65. The van der Waals surface area contributed by atoms with Gasteiger partial charge in [-0.15, -0.1) is 10.2 Å². The molecule has 1 amide bonds. The first-order valence-corrected chi connectivity index (χ1v) is 8.29. The Morgan fingerprint density at radius 3 is 2.48 bits per heavy atom. The van der Waals surface area contributed by atoms with E-state index in [0.717, 1.165) is 11.1 Å². The SMILES string of the molecule is Cc1ccc(-c2nnc(CN(C)C(=O)c3ccc(Cl)c(Cl)c3)o2)cc1. The highest BCUT2D eigenvalue weighted by Crippen LogP contribution is 2.24. The fourth-order valence-corrected chi connectivity index (χ4v) is 2.55. The molecule has 128 valence electrons. The summed E-state index contributed by atoms with van der Waals surface area (Å²) in [5, 5.41) is 8.78. The van der Waals surface area contributed by atoms with Gasteiger partial charge >= 0.3 is 0 Å². The van der Waals surface area contributed by atoms with Crippen molar-refractivity contribution in [3.8, 4) is 11.5 Å². The third-order valence-corrected chi connectivity index (χ3v) is 4.39. The Bertz CT molecular complexity index is 907. The maximum atomic E-state index is 12.5. The molecular weight excluding hydrogens is 361 g/mol. The first kappa shape index (κ1) is 17.5. The minimum atomic E-state index is -0.214. The van der Waals surface area contributed by atoms with Gasteiger partial charge in [0.05, 0.1) is 16.6 Å². The van der Waals surface area contributed by atoms with Gasteiger partial charge in [0, 0.05) is 18.2 Å². The summed E-state index contributed by atoms with van der Waals surface area (Å²) < 4.78 is 5.65. The summed E-state index contributed by atoms with van der Waals surface area (Å²) in [5.41, 5.74) is 2.42. The Kier molecular flexibility index (Phi) is 5.06. The average molecular weight is 376 g/mol. The van der Waals surface area contributed by atoms with E-state index in [9.17, 15) is 4.79 Å². The molecule has 0 unspecified atom stereocenters. The maximum absolute atomic E-state index is 12.5. The third-order valence-electron chi connectivity index (χ3n) is 3.65. The van der Waals surface area contributed by atoms with E-state index in [1.165, 1.54) is 11.0 Å². The molecule has 0 radical (unpaired) electrons. The zero-order chi connectivity index (χ0) is 18.0. The highest BCUT2D eigenvalue weighted by molar-refractivity contribution is 6.42. The molecule has 2 aromatic carbocycles. The number of carbonyl (C=O) groups is 1. The van der Waals surface area contributed by atoms with Gasteiger partial charge in [0.15, 0.2) is 0 Å². The Morgan fingerprint density at radius 1 is 1.08 bits per heavy atom. The molecule has 0 bridgehead atoms. The largest absolute Gasteiger partial charge is 0.419 e. The van der Waals surface area contributed by atoms with Crippen LogP contribution in [0.15, 0.2) is 46.9 Å². The molecule has 0 N–H and O–H groups in total. The molecule has 3 rings (SSSR count). The van der Waals surface area contributed by atoms with E-state index in [1.807, 2.05) is 31.2 Å². The van der Waals surface area contributed by atoms with Crippen molar-refractivity contribution in [1.29, 1.82) is 0 Å². The number of carbonyl (C=O) groups excluding carboxylic acids is 1. The lowest BCUT2D eigenvalue weighted by molar-refractivity contribution is 0.0773. The van der Waals surface area contributed by atoms with Gasteiger partial charge in [-0.25, -0.2) is 0 Å². The van der Waals surface area contributed by atoms with E-state index in [1.54, 1.807) is 19.2 Å². The maximum Gasteiger partial charge on any atom is 0.254 e. The van der Waals surface area contributed by atoms with Crippen molar-refractivity contribution in [3.63, 3.8) is 0 Å². The molecule has 0 fully saturated rings. The zero-order valence-electron chi connectivity index (χ0n) is 13.7. The van der Waals surface area contributed by atoms with Crippen LogP contribution in [-0.4, -0.2) is 28.1 Å². The van der Waals surface area contributed by atoms with Crippen molar-refractivity contribution in [1.82, 2.24) is 15.1 Å². The molecule has 1 aromatic heterocycles. The van der Waals surface area contributed by atoms with Gasteiger partial charge in [-0.2, -0.15) is 0 Å². The van der Waals surface area contributed by atoms with E-state index >= 15 is 0 Å². The zero-order valence-corrected chi connectivity index (χ0v) is 15.2. The first-order chi connectivity index (χ1) is 11.9. The van der Waals surface area contributed by atoms with Crippen LogP contribution in [0.3, 0.4) is 0 Å². The van der Waals surface area contributed by atoms with Crippen LogP contribution in [0.25, 0.3) is 11.5 Å². The number of aryl methyl sites for hydroxylation is 1. The van der Waals surface area contributed by atoms with Crippen molar-refractivity contribution in [2.45, 2.75) is 13.5 Å². The highest BCUT2D eigenvalue weighted by Gasteiger charge is 2.17. The summed E-state index contributed by atoms with van der Waals surface area (Å²) in [6, 6.07) is 12.5. The molecule has 25 heavy (non-hydrogen) atoms. The van der Waals surface area contributed by atoms with Gasteiger partial charge in [0.25, 0.3) is 5.91 Å². The molecule has 1 heterocycles. The first-order valence-electron chi connectivity index (χ1n) is 7.54. The van der Waals surface area contributed by atoms with Crippen LogP contribution in [0.5, 0.6) is 0 Å². The summed E-state index contributed by atoms with van der Waals surface area (Å²) in [5.74, 6) is 0.561. The Hall–Kier alpha value is -2.37. The fourth-order valence-electron chi connectivity index (χ4n) is 2.25. The lowest BCUT2D eigenvalue weighted by Crippen LogP contribution is -2.26. The molecule has 0 spiro atoms. The lowest BCUT2D eigenvalue weighted by Gasteiger charge is -2.15. The van der Waals surface area contributed by atoms with E-state index in [0.29, 0.717) is 27.4 Å². The predicted molar refractivity (Wildman–Crippen MR) is 96.7 cm³/mol. The van der Waals surface area contributed by atoms with Crippen LogP contribution >= 0.6 is 23.2 Å². The molecule has 0 saturated heterocycles. The summed E-state index contributed by atoms with van der Waals surface area (Å²) >= 11 is 11.8. The second kappa shape index (κ2) is 7.25. The van der Waals surface area contributed by atoms with E-state index in [2.05, 4.69) is 10.2 Å². The quantitative estimate of drug-likeness (QED) is 0.667. The van der Waals surface area contributed by atoms with Gasteiger partial charge in [0.1, 0.15) is 0 Å². The van der Waals surface area contributed by atoms with Crippen molar-refractivity contribution in [2.75, 3.05) is 7.05 Å². The van der Waals surface area contributed by atoms with Crippen molar-refractivity contribution >= 4 is 29.1 Å². The highest BCUT2D eigenvalue weighted by atomic mass is 35.5. The van der Waals surface area contributed by atoms with Gasteiger partial charge in [-0.1, -0.05) is 40.9 Å². The van der Waals surface area contributed by atoms with Gasteiger partial charge in [-0.3, -0.25) is 4.79 Å². The summed E-state index contributed by atoms with van der Waals surface area (Å²) in [6.07, 6.45) is 0. The van der Waals surface area contributed by atoms with Crippen molar-refractivity contribution in [3.05, 3.63) is 69.5 Å². The molecule has 3 aromatic rings. The number of benzene rings is 2. The van der Waals surface area contributed by atoms with Crippen molar-refractivity contribution in [2.24, 2.45) is 0 Å². The minimum Gasteiger partial charge on any atom is -0.419 e. The Balaban J connectivity index is 1.72. The minimum absolute atomic E-state index is 0.192. The molecule has 0 aliphatic heterocycles. The normalized spacial score (nSPS) is 10.7. The van der Waals surface area contributed by atoms with E-state index < -0.39 is 0 Å². The number of nitrogens with zero attached hydrogens (tertiary/aromatic N) is 3. The number of hydrogen-bond acceptors (Lipinski definition) is 4. The van der Waals surface area contributed by atoms with Gasteiger partial charge in [0.2, 0.25) is 11.8 Å². The number of halogens is 2. The average Bonchev–Trinajstić information content (AvgIpc) is 3.05. The topological polar surface area (TPSA) is 59.2 Å². The molecule has 0 atom stereocenters. The predicted octanol–water partition coefficient (Wildman–Crippen LogP) is 4.62. The standard InChI is InChI=1S/C18H15Cl2N3O2/c1-11-3-5-12(6-4-11)17-22-21-16(25-17)10-23(2)18(24)13-7-8-14(19)15(20)9-13/h3-9H,10H2,1-2H3. The van der Waals surface area contributed by atoms with Crippen LogP contribution in [-0.2, 0) is 6.54 Å². The summed E-state index contributed by atoms with van der Waals surface area (Å²) in [6.45, 7) is 2.20. The monoisotopic (exact) mass is 375 g/mol. The van der Waals surface area contributed by atoms with Crippen LogP contribution in [0.2, 0.25) is 10.0 Å². The summed E-state index contributed by atoms with van der Waals surface area (Å²) in [4.78, 5) is 13.9. The number of aromatic nitrogens is 2. The van der Waals surface area contributed by atoms with E-state index in [4.69, 9.17) is 27.6 Å². The number of hydrogen-bond donors (Lipinski definition) is 0. The lowest BCUT2D eigenvalue weighted by atomic mass is 10.1. The van der Waals surface area contributed by atoms with Gasteiger partial charge < -0.3 is 9.32 Å². The number of rotatable bonds is 4. The molecule has 0 aliphatic rings. The van der Waals surface area contributed by atoms with Crippen molar-refractivity contribution < 1.29 is 9.21 Å². The second-order valence-electron chi connectivity index (χ2n) is 5.66. The molecule has 0 saturated carbocycles. The molecule has 7 heteroatoms. The van der Waals surface area contributed by atoms with Crippen LogP contribution < -0.4 is 0 Å². The third kappa shape index (κ3) is 4.00. The second-order valence-corrected chi connectivity index (χ2v) is 6.47. The smallest absolute Gasteiger partial charge is 0.254 e. The Labute approximate surface area is 155 Å². The Morgan fingerprint density at radius 2 is 1.80 bits per heavy atom. The number of amides is 1. The van der Waals surface area contributed by atoms with Crippen LogP contribution in [0.1, 0.15) is 21.8 Å². The van der Waals surface area contributed by atoms with Crippen LogP contribution in [0.4, 0.5) is 0 Å². The molecule has 5 nitrogen and oxygen atoms in total. The van der Waals surface area contributed by atoms with Crippen LogP contribution in [0, 0.1) is 6.92 Å².